The molecule has 110 valence electrons. The van der Waals surface area contributed by atoms with E-state index in [1.165, 1.54) is 19.1 Å². The molecule has 0 aliphatic rings. The molecular weight excluding hydrogens is 271 g/mol. The first-order chi connectivity index (χ1) is 10.1. The normalized spacial score (nSPS) is 10.2. The van der Waals surface area contributed by atoms with Crippen LogP contribution in [0.5, 0.6) is 5.75 Å². The first-order valence-corrected chi connectivity index (χ1v) is 6.56. The zero-order valence-electron chi connectivity index (χ0n) is 11.7. The molecule has 0 heterocycles. The summed E-state index contributed by atoms with van der Waals surface area (Å²) in [5, 5.41) is 2.69. The molecule has 0 fully saturated rings. The molecule has 5 heteroatoms. The smallest absolute Gasteiger partial charge is 0.221 e. The summed E-state index contributed by atoms with van der Waals surface area (Å²) >= 11 is 0. The molecule has 4 nitrogen and oxygen atoms in total. The maximum atomic E-state index is 13.4. The van der Waals surface area contributed by atoms with E-state index in [2.05, 4.69) is 5.32 Å². The highest BCUT2D eigenvalue weighted by Crippen LogP contribution is 2.25. The second-order valence-corrected chi connectivity index (χ2v) is 4.64. The Labute approximate surface area is 122 Å². The lowest BCUT2D eigenvalue weighted by Gasteiger charge is -2.12. The van der Waals surface area contributed by atoms with Gasteiger partial charge in [0.25, 0.3) is 0 Å². The van der Waals surface area contributed by atoms with E-state index in [4.69, 9.17) is 10.5 Å². The molecule has 0 unspecified atom stereocenters. The Morgan fingerprint density at radius 1 is 1.24 bits per heavy atom. The zero-order chi connectivity index (χ0) is 15.2. The maximum Gasteiger partial charge on any atom is 0.221 e. The summed E-state index contributed by atoms with van der Waals surface area (Å²) < 4.78 is 19.1. The van der Waals surface area contributed by atoms with Gasteiger partial charge in [-0.25, -0.2) is 4.39 Å². The largest absolute Gasteiger partial charge is 0.487 e. The predicted octanol–water partition coefficient (Wildman–Crippen LogP) is 2.82. The molecule has 2 rings (SSSR count). The van der Waals surface area contributed by atoms with Gasteiger partial charge in [-0.05, 0) is 35.4 Å². The molecule has 3 N–H and O–H groups in total. The van der Waals surface area contributed by atoms with Gasteiger partial charge in [0, 0.05) is 13.5 Å². The number of hydrogen-bond acceptors (Lipinski definition) is 3. The molecule has 0 spiro atoms. The van der Waals surface area contributed by atoms with Crippen molar-refractivity contribution in [1.29, 1.82) is 0 Å². The van der Waals surface area contributed by atoms with Crippen molar-refractivity contribution in [2.75, 3.05) is 5.32 Å². The van der Waals surface area contributed by atoms with Crippen LogP contribution in [0.2, 0.25) is 0 Å². The van der Waals surface area contributed by atoms with E-state index in [1.54, 1.807) is 30.3 Å². The SMILES string of the molecule is CC(=O)Nc1ccccc1OCc1cc(F)cc(CN)c1. The summed E-state index contributed by atoms with van der Waals surface area (Å²) in [6, 6.07) is 11.7. The quantitative estimate of drug-likeness (QED) is 0.889. The third kappa shape index (κ3) is 4.29. The third-order valence-electron chi connectivity index (χ3n) is 2.85. The fourth-order valence-electron chi connectivity index (χ4n) is 1.97. The van der Waals surface area contributed by atoms with Gasteiger partial charge in [0.15, 0.2) is 0 Å². The average Bonchev–Trinajstić information content (AvgIpc) is 2.45. The van der Waals surface area contributed by atoms with Crippen LogP contribution in [0.4, 0.5) is 10.1 Å². The second kappa shape index (κ2) is 6.85. The molecule has 2 aromatic carbocycles. The van der Waals surface area contributed by atoms with Crippen molar-refractivity contribution >= 4 is 11.6 Å². The zero-order valence-corrected chi connectivity index (χ0v) is 11.7. The van der Waals surface area contributed by atoms with Gasteiger partial charge in [0.1, 0.15) is 18.2 Å². The summed E-state index contributed by atoms with van der Waals surface area (Å²) in [5.74, 6) is 0.0141. The molecule has 0 aromatic heterocycles. The molecule has 0 atom stereocenters. The van der Waals surface area contributed by atoms with Gasteiger partial charge in [-0.2, -0.15) is 0 Å². The van der Waals surface area contributed by atoms with E-state index in [1.807, 2.05) is 0 Å². The maximum absolute atomic E-state index is 13.4. The van der Waals surface area contributed by atoms with Gasteiger partial charge in [-0.1, -0.05) is 18.2 Å². The Hall–Kier alpha value is -2.40. The molecular formula is C16H17FN2O2. The highest BCUT2D eigenvalue weighted by molar-refractivity contribution is 5.90. The number of benzene rings is 2. The van der Waals surface area contributed by atoms with E-state index in [-0.39, 0.29) is 24.9 Å². The van der Waals surface area contributed by atoms with Crippen LogP contribution in [0.25, 0.3) is 0 Å². The lowest BCUT2D eigenvalue weighted by atomic mass is 10.1. The van der Waals surface area contributed by atoms with Crippen LogP contribution in [0.1, 0.15) is 18.1 Å². The minimum absolute atomic E-state index is 0.178. The number of carbonyl (C=O) groups excluding carboxylic acids is 1. The van der Waals surface area contributed by atoms with E-state index in [0.29, 0.717) is 22.6 Å². The van der Waals surface area contributed by atoms with Crippen molar-refractivity contribution in [3.63, 3.8) is 0 Å². The van der Waals surface area contributed by atoms with Gasteiger partial charge in [0.2, 0.25) is 5.91 Å². The van der Waals surface area contributed by atoms with Crippen LogP contribution in [0.3, 0.4) is 0 Å². The van der Waals surface area contributed by atoms with Crippen LogP contribution < -0.4 is 15.8 Å². The van der Waals surface area contributed by atoms with Crippen molar-refractivity contribution < 1.29 is 13.9 Å². The van der Waals surface area contributed by atoms with Gasteiger partial charge < -0.3 is 15.8 Å². The van der Waals surface area contributed by atoms with Gasteiger partial charge in [-0.3, -0.25) is 4.79 Å². The standard InChI is InChI=1S/C16H17FN2O2/c1-11(20)19-15-4-2-3-5-16(15)21-10-13-6-12(9-18)7-14(17)8-13/h2-8H,9-10,18H2,1H3,(H,19,20). The third-order valence-corrected chi connectivity index (χ3v) is 2.85. The number of amides is 1. The van der Waals surface area contributed by atoms with E-state index in [9.17, 15) is 9.18 Å². The Morgan fingerprint density at radius 3 is 2.67 bits per heavy atom. The van der Waals surface area contributed by atoms with Crippen molar-refractivity contribution in [2.45, 2.75) is 20.1 Å². The second-order valence-electron chi connectivity index (χ2n) is 4.64. The molecule has 0 radical (unpaired) electrons. The lowest BCUT2D eigenvalue weighted by Crippen LogP contribution is -2.08. The molecule has 0 saturated heterocycles. The number of nitrogens with one attached hydrogen (secondary N) is 1. The first-order valence-electron chi connectivity index (χ1n) is 6.56. The Bertz CT molecular complexity index is 644. The number of rotatable bonds is 5. The number of para-hydroxylation sites is 2. The number of ether oxygens (including phenoxy) is 1. The van der Waals surface area contributed by atoms with Crippen LogP contribution >= 0.6 is 0 Å². The molecule has 0 aliphatic carbocycles. The summed E-state index contributed by atoms with van der Waals surface area (Å²) in [5.41, 5.74) is 7.50. The van der Waals surface area contributed by atoms with E-state index >= 15 is 0 Å². The Balaban J connectivity index is 2.13. The molecule has 0 saturated carbocycles. The molecule has 0 bridgehead atoms. The van der Waals surface area contributed by atoms with Crippen LogP contribution in [-0.2, 0) is 17.9 Å². The highest BCUT2D eigenvalue weighted by Gasteiger charge is 2.06. The summed E-state index contributed by atoms with van der Waals surface area (Å²) in [7, 11) is 0. The molecule has 21 heavy (non-hydrogen) atoms. The first kappa shape index (κ1) is 15.0. The highest BCUT2D eigenvalue weighted by atomic mass is 19.1. The Kier molecular flexibility index (Phi) is 4.90. The van der Waals surface area contributed by atoms with Crippen molar-refractivity contribution in [2.24, 2.45) is 5.73 Å². The number of anilines is 1. The number of hydrogen-bond donors (Lipinski definition) is 2. The van der Waals surface area contributed by atoms with Crippen molar-refractivity contribution in [3.8, 4) is 5.75 Å². The summed E-state index contributed by atoms with van der Waals surface area (Å²) in [4.78, 5) is 11.1. The minimum atomic E-state index is -0.341. The van der Waals surface area contributed by atoms with Crippen LogP contribution in [0, 0.1) is 5.82 Å². The number of carbonyl (C=O) groups is 1. The summed E-state index contributed by atoms with van der Waals surface area (Å²) in [6.07, 6.45) is 0. The van der Waals surface area contributed by atoms with Crippen molar-refractivity contribution in [3.05, 3.63) is 59.4 Å². The average molecular weight is 288 g/mol. The van der Waals surface area contributed by atoms with Crippen LogP contribution in [0.15, 0.2) is 42.5 Å². The number of nitrogens with two attached hydrogens (primary N) is 1. The fourth-order valence-corrected chi connectivity index (χ4v) is 1.97. The van der Waals surface area contributed by atoms with E-state index in [0.717, 1.165) is 0 Å². The van der Waals surface area contributed by atoms with Crippen molar-refractivity contribution in [1.82, 2.24) is 0 Å². The topological polar surface area (TPSA) is 64.3 Å². The van der Waals surface area contributed by atoms with E-state index < -0.39 is 0 Å². The molecule has 0 aliphatic heterocycles. The number of halogens is 1. The monoisotopic (exact) mass is 288 g/mol. The fraction of sp³-hybridized carbons (Fsp3) is 0.188. The van der Waals surface area contributed by atoms with Gasteiger partial charge in [-0.15, -0.1) is 0 Å². The lowest BCUT2D eigenvalue weighted by molar-refractivity contribution is -0.114. The predicted molar refractivity (Wildman–Crippen MR) is 79.4 cm³/mol. The Morgan fingerprint density at radius 2 is 1.95 bits per heavy atom. The van der Waals surface area contributed by atoms with Gasteiger partial charge >= 0.3 is 0 Å². The van der Waals surface area contributed by atoms with Crippen LogP contribution in [-0.4, -0.2) is 5.91 Å². The summed E-state index contributed by atoms with van der Waals surface area (Å²) in [6.45, 7) is 1.89. The molecule has 2 aromatic rings. The minimum Gasteiger partial charge on any atom is -0.487 e. The molecule has 1 amide bonds. The van der Waals surface area contributed by atoms with Gasteiger partial charge in [0.05, 0.1) is 5.69 Å².